The highest BCUT2D eigenvalue weighted by Gasteiger charge is 2.35. The number of halogens is 3. The molecule has 1 unspecified atom stereocenters. The van der Waals surface area contributed by atoms with Crippen molar-refractivity contribution in [2.24, 2.45) is 5.92 Å². The van der Waals surface area contributed by atoms with Gasteiger partial charge in [-0.2, -0.15) is 13.2 Å². The lowest BCUT2D eigenvalue weighted by atomic mass is 10.1. The summed E-state index contributed by atoms with van der Waals surface area (Å²) in [6, 6.07) is 13.0. The van der Waals surface area contributed by atoms with Crippen molar-refractivity contribution in [1.29, 1.82) is 0 Å². The minimum Gasteiger partial charge on any atom is -0.343 e. The zero-order valence-corrected chi connectivity index (χ0v) is 17.3. The lowest BCUT2D eigenvalue weighted by Crippen LogP contribution is -2.33. The molecule has 31 heavy (non-hydrogen) atoms. The third-order valence-electron chi connectivity index (χ3n) is 4.74. The van der Waals surface area contributed by atoms with E-state index in [1.807, 2.05) is 30.5 Å². The summed E-state index contributed by atoms with van der Waals surface area (Å²) < 4.78 is 36.6. The quantitative estimate of drug-likeness (QED) is 0.657. The highest BCUT2D eigenvalue weighted by atomic mass is 32.2. The van der Waals surface area contributed by atoms with Gasteiger partial charge in [0.25, 0.3) is 5.91 Å². The summed E-state index contributed by atoms with van der Waals surface area (Å²) in [7, 11) is 0. The molecule has 1 aliphatic rings. The summed E-state index contributed by atoms with van der Waals surface area (Å²) in [5, 5.41) is 4.46. The standard InChI is InChI=1S/C21H20F3N3O3S/c1-31-17-8-6-16(7-9-17)27-11-14(10-18(27)28)20(30)26-15-4-2-13(3-5-15)19(29)25-12-21(22,23)24/h2-9,14H,10-12H2,1H3,(H,25,29)(H,26,30). The number of carbonyl (C=O) groups is 3. The van der Waals surface area contributed by atoms with Gasteiger partial charge in [-0.05, 0) is 54.8 Å². The van der Waals surface area contributed by atoms with Crippen molar-refractivity contribution >= 4 is 40.9 Å². The topological polar surface area (TPSA) is 78.5 Å². The van der Waals surface area contributed by atoms with Crippen LogP contribution in [-0.4, -0.2) is 43.2 Å². The number of amides is 3. The van der Waals surface area contributed by atoms with Gasteiger partial charge in [0.2, 0.25) is 11.8 Å². The summed E-state index contributed by atoms with van der Waals surface area (Å²) in [5.41, 5.74) is 1.15. The van der Waals surface area contributed by atoms with Gasteiger partial charge in [0.05, 0.1) is 5.92 Å². The van der Waals surface area contributed by atoms with Gasteiger partial charge in [0.1, 0.15) is 6.54 Å². The molecule has 3 amide bonds. The molecule has 2 N–H and O–H groups in total. The van der Waals surface area contributed by atoms with Crippen molar-refractivity contribution < 1.29 is 27.6 Å². The van der Waals surface area contributed by atoms with E-state index < -0.39 is 24.5 Å². The Morgan fingerprint density at radius 2 is 1.74 bits per heavy atom. The molecule has 1 aliphatic heterocycles. The van der Waals surface area contributed by atoms with Crippen LogP contribution in [0.4, 0.5) is 24.5 Å². The van der Waals surface area contributed by atoms with E-state index in [9.17, 15) is 27.6 Å². The maximum absolute atomic E-state index is 12.6. The van der Waals surface area contributed by atoms with Crippen LogP contribution in [0.5, 0.6) is 0 Å². The van der Waals surface area contributed by atoms with Crippen LogP contribution in [0, 0.1) is 5.92 Å². The second-order valence-corrected chi connectivity index (χ2v) is 7.85. The Hall–Kier alpha value is -3.01. The fourth-order valence-electron chi connectivity index (χ4n) is 3.13. The first kappa shape index (κ1) is 22.7. The van der Waals surface area contributed by atoms with E-state index in [2.05, 4.69) is 5.32 Å². The molecule has 1 atom stereocenters. The third kappa shape index (κ3) is 6.00. The number of benzene rings is 2. The van der Waals surface area contributed by atoms with Crippen LogP contribution in [0.2, 0.25) is 0 Å². The van der Waals surface area contributed by atoms with Gasteiger partial charge in [-0.15, -0.1) is 11.8 Å². The van der Waals surface area contributed by atoms with Crippen LogP contribution in [0.25, 0.3) is 0 Å². The van der Waals surface area contributed by atoms with Gasteiger partial charge in [0, 0.05) is 34.8 Å². The second kappa shape index (κ2) is 9.42. The SMILES string of the molecule is CSc1ccc(N2CC(C(=O)Nc3ccc(C(=O)NCC(F)(F)F)cc3)CC2=O)cc1. The van der Waals surface area contributed by atoms with Crippen LogP contribution >= 0.6 is 11.8 Å². The van der Waals surface area contributed by atoms with Crippen molar-refractivity contribution in [3.05, 3.63) is 54.1 Å². The molecule has 0 spiro atoms. The van der Waals surface area contributed by atoms with Gasteiger partial charge >= 0.3 is 6.18 Å². The van der Waals surface area contributed by atoms with Crippen molar-refractivity contribution in [3.8, 4) is 0 Å². The number of hydrogen-bond donors (Lipinski definition) is 2. The van der Waals surface area contributed by atoms with Gasteiger partial charge in [-0.25, -0.2) is 0 Å². The van der Waals surface area contributed by atoms with Crippen LogP contribution in [0.3, 0.4) is 0 Å². The Balaban J connectivity index is 1.57. The van der Waals surface area contributed by atoms with Gasteiger partial charge < -0.3 is 15.5 Å². The number of nitrogens with one attached hydrogen (secondary N) is 2. The van der Waals surface area contributed by atoms with Gasteiger partial charge in [-0.1, -0.05) is 0 Å². The molecule has 0 saturated carbocycles. The number of rotatable bonds is 6. The van der Waals surface area contributed by atoms with E-state index in [-0.39, 0.29) is 30.3 Å². The molecule has 0 aromatic heterocycles. The maximum Gasteiger partial charge on any atom is 0.405 e. The first-order valence-corrected chi connectivity index (χ1v) is 10.6. The van der Waals surface area contributed by atoms with E-state index in [4.69, 9.17) is 0 Å². The fraction of sp³-hybridized carbons (Fsp3) is 0.286. The zero-order valence-electron chi connectivity index (χ0n) is 16.5. The second-order valence-electron chi connectivity index (χ2n) is 6.97. The van der Waals surface area contributed by atoms with Crippen LogP contribution in [-0.2, 0) is 9.59 Å². The smallest absolute Gasteiger partial charge is 0.343 e. The molecule has 0 bridgehead atoms. The van der Waals surface area contributed by atoms with Crippen molar-refractivity contribution in [2.75, 3.05) is 29.6 Å². The molecular formula is C21H20F3N3O3S. The molecule has 10 heteroatoms. The van der Waals surface area contributed by atoms with E-state index in [0.29, 0.717) is 5.69 Å². The van der Waals surface area contributed by atoms with Crippen LogP contribution in [0.1, 0.15) is 16.8 Å². The summed E-state index contributed by atoms with van der Waals surface area (Å²) in [4.78, 5) is 39.3. The Morgan fingerprint density at radius 1 is 1.10 bits per heavy atom. The molecule has 6 nitrogen and oxygen atoms in total. The predicted octanol–water partition coefficient (Wildman–Crippen LogP) is 3.69. The number of carbonyl (C=O) groups excluding carboxylic acids is 3. The van der Waals surface area contributed by atoms with E-state index >= 15 is 0 Å². The summed E-state index contributed by atoms with van der Waals surface area (Å²) in [5.74, 6) is -1.89. The maximum atomic E-state index is 12.6. The largest absolute Gasteiger partial charge is 0.405 e. The number of anilines is 2. The normalized spacial score (nSPS) is 16.3. The molecule has 1 fully saturated rings. The molecule has 164 valence electrons. The first-order chi connectivity index (χ1) is 14.7. The predicted molar refractivity (Wildman–Crippen MR) is 112 cm³/mol. The van der Waals surface area contributed by atoms with E-state index in [0.717, 1.165) is 10.6 Å². The number of nitrogens with zero attached hydrogens (tertiary/aromatic N) is 1. The first-order valence-electron chi connectivity index (χ1n) is 9.36. The van der Waals surface area contributed by atoms with Gasteiger partial charge in [0.15, 0.2) is 0 Å². The molecule has 0 aliphatic carbocycles. The molecule has 0 radical (unpaired) electrons. The molecule has 2 aromatic rings. The van der Waals surface area contributed by atoms with Crippen LogP contribution < -0.4 is 15.5 Å². The van der Waals surface area contributed by atoms with Crippen molar-refractivity contribution in [2.45, 2.75) is 17.5 Å². The molecule has 1 heterocycles. The zero-order chi connectivity index (χ0) is 22.6. The Morgan fingerprint density at radius 3 is 2.32 bits per heavy atom. The highest BCUT2D eigenvalue weighted by molar-refractivity contribution is 7.98. The number of alkyl halides is 3. The Bertz CT molecular complexity index is 963. The minimum atomic E-state index is -4.49. The molecule has 3 rings (SSSR count). The van der Waals surface area contributed by atoms with E-state index in [1.165, 1.54) is 24.3 Å². The average Bonchev–Trinajstić information content (AvgIpc) is 3.14. The monoisotopic (exact) mass is 451 g/mol. The van der Waals surface area contributed by atoms with Crippen LogP contribution in [0.15, 0.2) is 53.4 Å². The van der Waals surface area contributed by atoms with E-state index in [1.54, 1.807) is 22.0 Å². The van der Waals surface area contributed by atoms with Crippen molar-refractivity contribution in [3.63, 3.8) is 0 Å². The average molecular weight is 451 g/mol. The Labute approximate surface area is 181 Å². The summed E-state index contributed by atoms with van der Waals surface area (Å²) >= 11 is 1.59. The molecule has 2 aromatic carbocycles. The minimum absolute atomic E-state index is 0.0400. The highest BCUT2D eigenvalue weighted by Crippen LogP contribution is 2.28. The van der Waals surface area contributed by atoms with Crippen molar-refractivity contribution in [1.82, 2.24) is 5.32 Å². The Kier molecular flexibility index (Phi) is 6.89. The number of hydrogen-bond acceptors (Lipinski definition) is 4. The molecule has 1 saturated heterocycles. The third-order valence-corrected chi connectivity index (χ3v) is 5.49. The fourth-order valence-corrected chi connectivity index (χ4v) is 3.53. The molecular weight excluding hydrogens is 431 g/mol. The number of thioether (sulfide) groups is 1. The summed E-state index contributed by atoms with van der Waals surface area (Å²) in [6.07, 6.45) is -2.46. The van der Waals surface area contributed by atoms with Gasteiger partial charge in [-0.3, -0.25) is 14.4 Å². The summed E-state index contributed by atoms with van der Waals surface area (Å²) in [6.45, 7) is -1.17. The lowest BCUT2D eigenvalue weighted by Gasteiger charge is -2.17. The lowest BCUT2D eigenvalue weighted by molar-refractivity contribution is -0.123.